The number of nitrogens with one attached hydrogen (secondary N) is 1. The first kappa shape index (κ1) is 13.0. The lowest BCUT2D eigenvalue weighted by atomic mass is 10.1. The van der Waals surface area contributed by atoms with Crippen LogP contribution >= 0.6 is 0 Å². The van der Waals surface area contributed by atoms with Gasteiger partial charge in [-0.25, -0.2) is 4.39 Å². The topological polar surface area (TPSA) is 55.1 Å². The summed E-state index contributed by atoms with van der Waals surface area (Å²) in [5, 5.41) is 2.63. The third-order valence-corrected chi connectivity index (χ3v) is 2.19. The summed E-state index contributed by atoms with van der Waals surface area (Å²) in [4.78, 5) is 10.6. The van der Waals surface area contributed by atoms with E-state index in [1.165, 1.54) is 13.0 Å². The minimum absolute atomic E-state index is 0.0819. The zero-order chi connectivity index (χ0) is 12.8. The molecule has 17 heavy (non-hydrogen) atoms. The van der Waals surface area contributed by atoms with E-state index in [1.54, 1.807) is 6.07 Å². The van der Waals surface area contributed by atoms with Crippen LogP contribution < -0.4 is 11.1 Å². The number of hydrogen-bond acceptors (Lipinski definition) is 2. The number of carbonyl (C=O) groups excluding carboxylic acids is 1. The molecule has 1 aromatic carbocycles. The molecule has 1 aromatic rings. The number of rotatable bonds is 2. The number of aryl methyl sites for hydroxylation is 1. The second-order valence-electron chi connectivity index (χ2n) is 3.72. The Morgan fingerprint density at radius 2 is 2.24 bits per heavy atom. The third kappa shape index (κ3) is 4.15. The second-order valence-corrected chi connectivity index (χ2v) is 3.72. The Bertz CT molecular complexity index is 486. The van der Waals surface area contributed by atoms with Crippen molar-refractivity contribution in [2.75, 3.05) is 12.3 Å². The first-order valence-electron chi connectivity index (χ1n) is 5.29. The Balaban J connectivity index is 2.66. The van der Waals surface area contributed by atoms with Gasteiger partial charge < -0.3 is 11.1 Å². The molecule has 0 atom stereocenters. The lowest BCUT2D eigenvalue weighted by molar-refractivity contribution is -0.118. The molecule has 0 heterocycles. The van der Waals surface area contributed by atoms with Crippen LogP contribution in [0, 0.1) is 24.6 Å². The molecule has 0 radical (unpaired) electrons. The lowest BCUT2D eigenvalue weighted by Gasteiger charge is -2.01. The van der Waals surface area contributed by atoms with Crippen molar-refractivity contribution in [1.82, 2.24) is 5.32 Å². The summed E-state index contributed by atoms with van der Waals surface area (Å²) in [6.45, 7) is 3.78. The second kappa shape index (κ2) is 5.90. The molecular weight excluding hydrogens is 219 g/mol. The van der Waals surface area contributed by atoms with Gasteiger partial charge in [0.2, 0.25) is 5.91 Å². The monoisotopic (exact) mass is 234 g/mol. The van der Waals surface area contributed by atoms with Gasteiger partial charge in [-0.15, -0.1) is 0 Å². The van der Waals surface area contributed by atoms with Crippen molar-refractivity contribution in [3.05, 3.63) is 29.1 Å². The summed E-state index contributed by atoms with van der Waals surface area (Å²) in [6.07, 6.45) is 0.533. The standard InChI is InChI=1S/C13H15FN2O/c1-9-7-13(15)12(14)8-11(9)5-3-4-6-16-10(2)17/h7-8H,4,6,15H2,1-2H3,(H,16,17). The van der Waals surface area contributed by atoms with E-state index in [1.807, 2.05) is 6.92 Å². The van der Waals surface area contributed by atoms with Gasteiger partial charge in [0.1, 0.15) is 5.82 Å². The highest BCUT2D eigenvalue weighted by Gasteiger charge is 2.02. The van der Waals surface area contributed by atoms with Crippen LogP contribution in [0.5, 0.6) is 0 Å². The Hall–Kier alpha value is -2.02. The summed E-state index contributed by atoms with van der Waals surface area (Å²) in [7, 11) is 0. The molecule has 0 bridgehead atoms. The van der Waals surface area contributed by atoms with Gasteiger partial charge in [0.05, 0.1) is 5.69 Å². The SMILES string of the molecule is CC(=O)NCCC#Cc1cc(F)c(N)cc1C. The highest BCUT2D eigenvalue weighted by Crippen LogP contribution is 2.15. The van der Waals surface area contributed by atoms with Gasteiger partial charge in [-0.1, -0.05) is 11.8 Å². The third-order valence-electron chi connectivity index (χ3n) is 2.19. The molecule has 0 aliphatic heterocycles. The molecule has 1 amide bonds. The van der Waals surface area contributed by atoms with E-state index >= 15 is 0 Å². The summed E-state index contributed by atoms with van der Waals surface area (Å²) < 4.78 is 13.2. The Labute approximate surface area is 100 Å². The first-order chi connectivity index (χ1) is 8.00. The van der Waals surface area contributed by atoms with Crippen LogP contribution in [-0.4, -0.2) is 12.5 Å². The van der Waals surface area contributed by atoms with Crippen molar-refractivity contribution in [1.29, 1.82) is 0 Å². The first-order valence-corrected chi connectivity index (χ1v) is 5.29. The molecule has 4 heteroatoms. The molecule has 0 spiro atoms. The number of carbonyl (C=O) groups is 1. The zero-order valence-corrected chi connectivity index (χ0v) is 9.93. The number of hydrogen-bond donors (Lipinski definition) is 2. The molecule has 0 saturated carbocycles. The minimum Gasteiger partial charge on any atom is -0.396 e. The van der Waals surface area contributed by atoms with Crippen LogP contribution in [0.4, 0.5) is 10.1 Å². The van der Waals surface area contributed by atoms with Crippen molar-refractivity contribution >= 4 is 11.6 Å². The van der Waals surface area contributed by atoms with E-state index in [0.29, 0.717) is 18.5 Å². The van der Waals surface area contributed by atoms with E-state index in [2.05, 4.69) is 17.2 Å². The maximum Gasteiger partial charge on any atom is 0.216 e. The Kier molecular flexibility index (Phi) is 4.53. The van der Waals surface area contributed by atoms with Crippen molar-refractivity contribution in [3.63, 3.8) is 0 Å². The molecule has 0 fully saturated rings. The van der Waals surface area contributed by atoms with Crippen LogP contribution in [-0.2, 0) is 4.79 Å². The van der Waals surface area contributed by atoms with Crippen molar-refractivity contribution in [2.45, 2.75) is 20.3 Å². The number of amides is 1. The number of benzene rings is 1. The maximum absolute atomic E-state index is 13.2. The summed E-state index contributed by atoms with van der Waals surface area (Å²) in [5.74, 6) is 5.19. The summed E-state index contributed by atoms with van der Waals surface area (Å²) in [5.41, 5.74) is 7.03. The van der Waals surface area contributed by atoms with E-state index in [4.69, 9.17) is 5.73 Å². The molecule has 1 rings (SSSR count). The molecule has 0 unspecified atom stereocenters. The minimum atomic E-state index is -0.457. The van der Waals surface area contributed by atoms with Gasteiger partial charge in [-0.3, -0.25) is 4.79 Å². The van der Waals surface area contributed by atoms with Crippen LogP contribution in [0.25, 0.3) is 0 Å². The fraction of sp³-hybridized carbons (Fsp3) is 0.308. The van der Waals surface area contributed by atoms with E-state index in [0.717, 1.165) is 5.56 Å². The van der Waals surface area contributed by atoms with E-state index < -0.39 is 5.82 Å². The lowest BCUT2D eigenvalue weighted by Crippen LogP contribution is -2.20. The maximum atomic E-state index is 13.2. The normalized spacial score (nSPS) is 9.35. The predicted molar refractivity (Wildman–Crippen MR) is 65.7 cm³/mol. The zero-order valence-electron chi connectivity index (χ0n) is 9.93. The van der Waals surface area contributed by atoms with Gasteiger partial charge in [0.15, 0.2) is 0 Å². The van der Waals surface area contributed by atoms with Crippen LogP contribution in [0.15, 0.2) is 12.1 Å². The van der Waals surface area contributed by atoms with Crippen molar-refractivity contribution in [2.24, 2.45) is 0 Å². The van der Waals surface area contributed by atoms with Gasteiger partial charge in [0.25, 0.3) is 0 Å². The Morgan fingerprint density at radius 3 is 2.88 bits per heavy atom. The number of nitrogen functional groups attached to an aromatic ring is 1. The largest absolute Gasteiger partial charge is 0.396 e. The van der Waals surface area contributed by atoms with Crippen molar-refractivity contribution in [3.8, 4) is 11.8 Å². The summed E-state index contributed by atoms with van der Waals surface area (Å²) in [6, 6.07) is 2.89. The Morgan fingerprint density at radius 1 is 1.53 bits per heavy atom. The van der Waals surface area contributed by atoms with Crippen LogP contribution in [0.1, 0.15) is 24.5 Å². The molecule has 3 N–H and O–H groups in total. The number of anilines is 1. The van der Waals surface area contributed by atoms with Gasteiger partial charge >= 0.3 is 0 Å². The predicted octanol–water partition coefficient (Wildman–Crippen LogP) is 1.59. The summed E-state index contributed by atoms with van der Waals surface area (Å²) >= 11 is 0. The fourth-order valence-electron chi connectivity index (χ4n) is 1.30. The molecule has 0 aliphatic rings. The van der Waals surface area contributed by atoms with Gasteiger partial charge in [0, 0.05) is 25.5 Å². The molecule has 90 valence electrons. The fourth-order valence-corrected chi connectivity index (χ4v) is 1.30. The van der Waals surface area contributed by atoms with Gasteiger partial charge in [-0.2, -0.15) is 0 Å². The average Bonchev–Trinajstić information content (AvgIpc) is 2.24. The highest BCUT2D eigenvalue weighted by atomic mass is 19.1. The molecule has 0 aromatic heterocycles. The molecule has 3 nitrogen and oxygen atoms in total. The average molecular weight is 234 g/mol. The van der Waals surface area contributed by atoms with Crippen molar-refractivity contribution < 1.29 is 9.18 Å². The quantitative estimate of drug-likeness (QED) is 0.464. The number of nitrogens with two attached hydrogens (primary N) is 1. The molecule has 0 saturated heterocycles. The highest BCUT2D eigenvalue weighted by molar-refractivity contribution is 5.72. The van der Waals surface area contributed by atoms with E-state index in [-0.39, 0.29) is 11.6 Å². The van der Waals surface area contributed by atoms with Gasteiger partial charge in [-0.05, 0) is 24.6 Å². The smallest absolute Gasteiger partial charge is 0.216 e. The molecular formula is C13H15FN2O. The number of halogens is 1. The van der Waals surface area contributed by atoms with Crippen LogP contribution in [0.2, 0.25) is 0 Å². The van der Waals surface area contributed by atoms with Crippen LogP contribution in [0.3, 0.4) is 0 Å². The molecule has 0 aliphatic carbocycles. The van der Waals surface area contributed by atoms with E-state index in [9.17, 15) is 9.18 Å².